The number of anilines is 1. The van der Waals surface area contributed by atoms with Crippen molar-refractivity contribution in [3.63, 3.8) is 0 Å². The first-order chi connectivity index (χ1) is 11.1. The van der Waals surface area contributed by atoms with E-state index in [4.69, 9.17) is 0 Å². The van der Waals surface area contributed by atoms with Crippen LogP contribution >= 0.6 is 0 Å². The lowest BCUT2D eigenvalue weighted by Crippen LogP contribution is -2.41. The zero-order valence-electron chi connectivity index (χ0n) is 13.2. The third-order valence-corrected chi connectivity index (χ3v) is 4.35. The molecule has 23 heavy (non-hydrogen) atoms. The molecule has 0 saturated carbocycles. The fraction of sp³-hybridized carbons (Fsp3) is 0.316. The number of benzene rings is 2. The summed E-state index contributed by atoms with van der Waals surface area (Å²) in [5.74, 6) is -0.644. The Morgan fingerprint density at radius 2 is 1.91 bits per heavy atom. The Hall–Kier alpha value is -2.20. The summed E-state index contributed by atoms with van der Waals surface area (Å²) in [7, 11) is 0. The summed E-state index contributed by atoms with van der Waals surface area (Å²) < 4.78 is 13.6. The smallest absolute Gasteiger partial charge is 0.241 e. The van der Waals surface area contributed by atoms with Gasteiger partial charge in [0.05, 0.1) is 11.7 Å². The number of aryl methyl sites for hydroxylation is 1. The zero-order valence-corrected chi connectivity index (χ0v) is 13.2. The molecule has 0 aliphatic heterocycles. The van der Waals surface area contributed by atoms with Gasteiger partial charge in [-0.25, -0.2) is 4.39 Å². The maximum absolute atomic E-state index is 13.6. The van der Waals surface area contributed by atoms with E-state index >= 15 is 0 Å². The molecular formula is C19H21FN2O. The predicted molar refractivity (Wildman–Crippen MR) is 89.7 cm³/mol. The number of hydrogen-bond acceptors (Lipinski definition) is 2. The van der Waals surface area contributed by atoms with Crippen LogP contribution in [0.4, 0.5) is 10.1 Å². The van der Waals surface area contributed by atoms with Crippen molar-refractivity contribution in [1.82, 2.24) is 5.32 Å². The van der Waals surface area contributed by atoms with Crippen molar-refractivity contribution in [2.75, 3.05) is 5.32 Å². The Morgan fingerprint density at radius 3 is 2.74 bits per heavy atom. The molecule has 0 bridgehead atoms. The Bertz CT molecular complexity index is 701. The third-order valence-electron chi connectivity index (χ3n) is 4.35. The van der Waals surface area contributed by atoms with Gasteiger partial charge in [0.15, 0.2) is 0 Å². The fourth-order valence-corrected chi connectivity index (χ4v) is 3.11. The van der Waals surface area contributed by atoms with Crippen molar-refractivity contribution in [2.24, 2.45) is 0 Å². The first-order valence-electron chi connectivity index (χ1n) is 8.04. The van der Waals surface area contributed by atoms with Gasteiger partial charge in [0.1, 0.15) is 5.82 Å². The van der Waals surface area contributed by atoms with Gasteiger partial charge in [-0.05, 0) is 49.4 Å². The summed E-state index contributed by atoms with van der Waals surface area (Å²) in [6.45, 7) is 1.81. The lowest BCUT2D eigenvalue weighted by Gasteiger charge is -2.29. The van der Waals surface area contributed by atoms with E-state index in [1.807, 2.05) is 13.0 Å². The van der Waals surface area contributed by atoms with E-state index < -0.39 is 11.9 Å². The van der Waals surface area contributed by atoms with Gasteiger partial charge in [0, 0.05) is 6.04 Å². The van der Waals surface area contributed by atoms with E-state index in [-0.39, 0.29) is 17.6 Å². The van der Waals surface area contributed by atoms with Gasteiger partial charge >= 0.3 is 0 Å². The summed E-state index contributed by atoms with van der Waals surface area (Å²) in [4.78, 5) is 12.3. The van der Waals surface area contributed by atoms with Crippen LogP contribution in [0.2, 0.25) is 0 Å². The number of carbonyl (C=O) groups excluding carboxylic acids is 1. The maximum atomic E-state index is 13.6. The van der Waals surface area contributed by atoms with Crippen LogP contribution in [0.25, 0.3) is 0 Å². The van der Waals surface area contributed by atoms with Crippen molar-refractivity contribution in [3.8, 4) is 0 Å². The first kappa shape index (κ1) is 15.7. The Labute approximate surface area is 135 Å². The Balaban J connectivity index is 1.67. The van der Waals surface area contributed by atoms with Crippen molar-refractivity contribution >= 4 is 11.6 Å². The quantitative estimate of drug-likeness (QED) is 0.901. The number of amides is 1. The molecule has 1 aliphatic rings. The molecule has 2 N–H and O–H groups in total. The molecule has 3 nitrogen and oxygen atoms in total. The minimum Gasteiger partial charge on any atom is -0.322 e. The van der Waals surface area contributed by atoms with Gasteiger partial charge < -0.3 is 5.32 Å². The molecule has 3 rings (SSSR count). The molecule has 0 saturated heterocycles. The predicted octanol–water partition coefficient (Wildman–Crippen LogP) is 3.82. The second kappa shape index (κ2) is 6.92. The fourth-order valence-electron chi connectivity index (χ4n) is 3.11. The summed E-state index contributed by atoms with van der Waals surface area (Å²) >= 11 is 0. The van der Waals surface area contributed by atoms with Gasteiger partial charge in [-0.3, -0.25) is 10.1 Å². The maximum Gasteiger partial charge on any atom is 0.241 e. The minimum atomic E-state index is -0.420. The van der Waals surface area contributed by atoms with Crippen molar-refractivity contribution in [1.29, 1.82) is 0 Å². The highest BCUT2D eigenvalue weighted by Gasteiger charge is 2.23. The number of nitrogens with one attached hydrogen (secondary N) is 2. The van der Waals surface area contributed by atoms with Gasteiger partial charge in [-0.2, -0.15) is 0 Å². The molecule has 1 aliphatic carbocycles. The average Bonchev–Trinajstić information content (AvgIpc) is 2.57. The van der Waals surface area contributed by atoms with Gasteiger partial charge in [-0.15, -0.1) is 0 Å². The van der Waals surface area contributed by atoms with E-state index in [0.717, 1.165) is 19.3 Å². The van der Waals surface area contributed by atoms with Crippen molar-refractivity contribution in [2.45, 2.75) is 38.3 Å². The standard InChI is InChI=1S/C19H21FN2O/c1-13(19(23)22-18-11-5-4-10-16(18)20)21-17-12-6-8-14-7-2-3-9-15(14)17/h2-5,7,9-11,13,17,21H,6,8,12H2,1H3,(H,22,23)/t13-,17-/m1/s1. The first-order valence-corrected chi connectivity index (χ1v) is 8.04. The van der Waals surface area contributed by atoms with Crippen LogP contribution in [0.15, 0.2) is 48.5 Å². The van der Waals surface area contributed by atoms with E-state index in [9.17, 15) is 9.18 Å². The SMILES string of the molecule is C[C@@H](N[C@@H]1CCCc2ccccc21)C(=O)Nc1ccccc1F. The van der Waals surface area contributed by atoms with Crippen LogP contribution < -0.4 is 10.6 Å². The van der Waals surface area contributed by atoms with Gasteiger partial charge in [0.25, 0.3) is 0 Å². The molecule has 0 aromatic heterocycles. The monoisotopic (exact) mass is 312 g/mol. The van der Waals surface area contributed by atoms with Crippen LogP contribution in [-0.2, 0) is 11.2 Å². The van der Waals surface area contributed by atoms with Gasteiger partial charge in [0.2, 0.25) is 5.91 Å². The molecule has 0 heterocycles. The van der Waals surface area contributed by atoms with E-state index in [1.165, 1.54) is 17.2 Å². The van der Waals surface area contributed by atoms with Crippen LogP contribution in [0, 0.1) is 5.82 Å². The van der Waals surface area contributed by atoms with Crippen LogP contribution in [0.3, 0.4) is 0 Å². The molecule has 2 atom stereocenters. The van der Waals surface area contributed by atoms with Crippen molar-refractivity contribution < 1.29 is 9.18 Å². The highest BCUT2D eigenvalue weighted by Crippen LogP contribution is 2.29. The van der Waals surface area contributed by atoms with E-state index in [1.54, 1.807) is 18.2 Å². The third kappa shape index (κ3) is 3.59. The second-order valence-electron chi connectivity index (χ2n) is 6.00. The molecule has 0 radical (unpaired) electrons. The normalized spacial score (nSPS) is 18.1. The summed E-state index contributed by atoms with van der Waals surface area (Å²) in [5.41, 5.74) is 2.83. The number of para-hydroxylation sites is 1. The molecule has 0 spiro atoms. The lowest BCUT2D eigenvalue weighted by molar-refractivity contribution is -0.118. The number of halogens is 1. The number of hydrogen-bond donors (Lipinski definition) is 2. The summed E-state index contributed by atoms with van der Waals surface area (Å²) in [5, 5.41) is 6.03. The number of carbonyl (C=O) groups is 1. The van der Waals surface area contributed by atoms with E-state index in [2.05, 4.69) is 28.8 Å². The molecule has 2 aromatic carbocycles. The van der Waals surface area contributed by atoms with Crippen molar-refractivity contribution in [3.05, 3.63) is 65.5 Å². The molecule has 2 aromatic rings. The molecule has 4 heteroatoms. The van der Waals surface area contributed by atoms with Crippen LogP contribution in [0.5, 0.6) is 0 Å². The molecule has 0 unspecified atom stereocenters. The average molecular weight is 312 g/mol. The molecule has 1 amide bonds. The lowest BCUT2D eigenvalue weighted by atomic mass is 9.87. The zero-order chi connectivity index (χ0) is 16.2. The molecule has 0 fully saturated rings. The Kier molecular flexibility index (Phi) is 4.72. The summed E-state index contributed by atoms with van der Waals surface area (Å²) in [6, 6.07) is 14.3. The van der Waals surface area contributed by atoms with Gasteiger partial charge in [-0.1, -0.05) is 36.4 Å². The number of rotatable bonds is 4. The topological polar surface area (TPSA) is 41.1 Å². The largest absolute Gasteiger partial charge is 0.322 e. The highest BCUT2D eigenvalue weighted by molar-refractivity contribution is 5.94. The van der Waals surface area contributed by atoms with Crippen LogP contribution in [-0.4, -0.2) is 11.9 Å². The Morgan fingerprint density at radius 1 is 1.17 bits per heavy atom. The van der Waals surface area contributed by atoms with E-state index in [0.29, 0.717) is 0 Å². The highest BCUT2D eigenvalue weighted by atomic mass is 19.1. The molecule has 120 valence electrons. The minimum absolute atomic E-state index is 0.168. The number of fused-ring (bicyclic) bond motifs is 1. The second-order valence-corrected chi connectivity index (χ2v) is 6.00. The van der Waals surface area contributed by atoms with Crippen LogP contribution in [0.1, 0.15) is 36.9 Å². The summed E-state index contributed by atoms with van der Waals surface area (Å²) in [6.07, 6.45) is 3.20. The molecular weight excluding hydrogens is 291 g/mol.